The van der Waals surface area contributed by atoms with Gasteiger partial charge in [-0.05, 0) is 12.1 Å². The molecule has 1 aromatic carbocycles. The van der Waals surface area contributed by atoms with Gasteiger partial charge in [-0.25, -0.2) is 15.0 Å². The van der Waals surface area contributed by atoms with Crippen LogP contribution in [0.3, 0.4) is 0 Å². The standard InChI is InChI=1S/C27H32N6O3/c1-17(2)26-28-7-6-23(30-26)22-15-31(4)24-13-25(35-5)21(12-20(22)24)27(34)33-10-8-32(9-11-33)14-19-16-36-18(3)29-19/h6-7,12-13,15-17H,8-11,14H2,1-5H3. The predicted octanol–water partition coefficient (Wildman–Crippen LogP) is 4.02. The number of nitrogens with zero attached hydrogens (tertiary/aromatic N) is 6. The summed E-state index contributed by atoms with van der Waals surface area (Å²) in [4.78, 5) is 31.4. The van der Waals surface area contributed by atoms with Gasteiger partial charge in [-0.1, -0.05) is 13.8 Å². The summed E-state index contributed by atoms with van der Waals surface area (Å²) >= 11 is 0. The smallest absolute Gasteiger partial charge is 0.257 e. The Morgan fingerprint density at radius 3 is 2.61 bits per heavy atom. The number of piperazine rings is 1. The van der Waals surface area contributed by atoms with E-state index in [2.05, 4.69) is 34.9 Å². The monoisotopic (exact) mass is 488 g/mol. The zero-order valence-corrected chi connectivity index (χ0v) is 21.5. The van der Waals surface area contributed by atoms with E-state index in [-0.39, 0.29) is 11.8 Å². The van der Waals surface area contributed by atoms with Gasteiger partial charge in [0.15, 0.2) is 5.89 Å². The van der Waals surface area contributed by atoms with Gasteiger partial charge in [-0.15, -0.1) is 0 Å². The quantitative estimate of drug-likeness (QED) is 0.405. The Hall–Kier alpha value is -3.72. The van der Waals surface area contributed by atoms with Crippen LogP contribution in [0.2, 0.25) is 0 Å². The predicted molar refractivity (Wildman–Crippen MR) is 137 cm³/mol. The maximum absolute atomic E-state index is 13.7. The maximum Gasteiger partial charge on any atom is 0.257 e. The van der Waals surface area contributed by atoms with Crippen molar-refractivity contribution in [1.82, 2.24) is 29.3 Å². The van der Waals surface area contributed by atoms with Gasteiger partial charge in [-0.2, -0.15) is 0 Å². The van der Waals surface area contributed by atoms with Crippen molar-refractivity contribution in [3.8, 4) is 17.0 Å². The van der Waals surface area contributed by atoms with Crippen molar-refractivity contribution in [3.63, 3.8) is 0 Å². The fourth-order valence-electron chi connectivity index (χ4n) is 4.74. The van der Waals surface area contributed by atoms with Gasteiger partial charge in [0, 0.05) is 82.0 Å². The highest BCUT2D eigenvalue weighted by molar-refractivity contribution is 6.05. The summed E-state index contributed by atoms with van der Waals surface area (Å²) < 4.78 is 13.0. The molecular weight excluding hydrogens is 456 g/mol. The molecule has 1 amide bonds. The Labute approximate surface area is 210 Å². The Balaban J connectivity index is 1.42. The summed E-state index contributed by atoms with van der Waals surface area (Å²) in [5.74, 6) is 2.25. The number of fused-ring (bicyclic) bond motifs is 1. The summed E-state index contributed by atoms with van der Waals surface area (Å²) in [6, 6.07) is 5.81. The fourth-order valence-corrected chi connectivity index (χ4v) is 4.74. The zero-order chi connectivity index (χ0) is 25.4. The molecule has 5 rings (SSSR count). The van der Waals surface area contributed by atoms with Gasteiger partial charge in [-0.3, -0.25) is 9.69 Å². The number of aromatic nitrogens is 4. The Morgan fingerprint density at radius 1 is 1.17 bits per heavy atom. The van der Waals surface area contributed by atoms with Crippen LogP contribution < -0.4 is 4.74 Å². The average molecular weight is 489 g/mol. The van der Waals surface area contributed by atoms with E-state index in [4.69, 9.17) is 14.1 Å². The third-order valence-electron chi connectivity index (χ3n) is 6.72. The summed E-state index contributed by atoms with van der Waals surface area (Å²) in [5.41, 5.74) is 4.29. The molecule has 0 atom stereocenters. The van der Waals surface area contributed by atoms with Crippen molar-refractivity contribution in [2.45, 2.75) is 33.2 Å². The fraction of sp³-hybridized carbons (Fsp3) is 0.407. The molecule has 1 saturated heterocycles. The molecular formula is C27H32N6O3. The number of ether oxygens (including phenoxy) is 1. The number of aryl methyl sites for hydroxylation is 2. The first kappa shape index (κ1) is 24.0. The number of carbonyl (C=O) groups is 1. The zero-order valence-electron chi connectivity index (χ0n) is 21.5. The highest BCUT2D eigenvalue weighted by Gasteiger charge is 2.26. The molecule has 188 valence electrons. The molecule has 0 unspecified atom stereocenters. The normalized spacial score (nSPS) is 14.7. The van der Waals surface area contributed by atoms with Crippen LogP contribution in [-0.4, -0.2) is 68.5 Å². The van der Waals surface area contributed by atoms with Gasteiger partial charge in [0.25, 0.3) is 5.91 Å². The number of methoxy groups -OCH3 is 1. The minimum Gasteiger partial charge on any atom is -0.496 e. The molecule has 0 radical (unpaired) electrons. The van der Waals surface area contributed by atoms with Crippen molar-refractivity contribution in [2.75, 3.05) is 33.3 Å². The SMILES string of the molecule is COc1cc2c(cc1C(=O)N1CCN(Cc3coc(C)n3)CC1)c(-c1ccnc(C(C)C)n1)cn2C. The van der Waals surface area contributed by atoms with Crippen molar-refractivity contribution in [3.05, 3.63) is 59.8 Å². The largest absolute Gasteiger partial charge is 0.496 e. The van der Waals surface area contributed by atoms with Crippen molar-refractivity contribution < 1.29 is 13.9 Å². The van der Waals surface area contributed by atoms with Crippen LogP contribution >= 0.6 is 0 Å². The van der Waals surface area contributed by atoms with E-state index in [0.717, 1.165) is 53.3 Å². The van der Waals surface area contributed by atoms with Gasteiger partial charge in [0.2, 0.25) is 0 Å². The number of oxazole rings is 1. The molecule has 0 saturated carbocycles. The molecule has 9 nitrogen and oxygen atoms in total. The van der Waals surface area contributed by atoms with E-state index in [1.54, 1.807) is 19.6 Å². The first-order valence-electron chi connectivity index (χ1n) is 12.3. The lowest BCUT2D eigenvalue weighted by atomic mass is 10.0. The second kappa shape index (κ2) is 9.73. The number of benzene rings is 1. The van der Waals surface area contributed by atoms with Crippen LogP contribution in [0.4, 0.5) is 0 Å². The molecule has 0 bridgehead atoms. The molecule has 0 N–H and O–H groups in total. The first-order valence-corrected chi connectivity index (χ1v) is 12.3. The summed E-state index contributed by atoms with van der Waals surface area (Å²) in [7, 11) is 3.60. The van der Waals surface area contributed by atoms with Crippen LogP contribution in [-0.2, 0) is 13.6 Å². The number of amides is 1. The van der Waals surface area contributed by atoms with Gasteiger partial charge in [0.05, 0.1) is 29.6 Å². The number of rotatable bonds is 6. The topological polar surface area (TPSA) is 89.5 Å². The van der Waals surface area contributed by atoms with Crippen LogP contribution in [0, 0.1) is 6.92 Å². The van der Waals surface area contributed by atoms with E-state index in [0.29, 0.717) is 30.3 Å². The highest BCUT2D eigenvalue weighted by Crippen LogP contribution is 2.35. The Bertz CT molecular complexity index is 1400. The van der Waals surface area contributed by atoms with E-state index >= 15 is 0 Å². The molecule has 1 aliphatic rings. The summed E-state index contributed by atoms with van der Waals surface area (Å²) in [6.07, 6.45) is 5.55. The molecule has 0 aliphatic carbocycles. The summed E-state index contributed by atoms with van der Waals surface area (Å²) in [6.45, 7) is 9.56. The second-order valence-electron chi connectivity index (χ2n) is 9.60. The minimum absolute atomic E-state index is 0.0222. The van der Waals surface area contributed by atoms with E-state index in [1.165, 1.54) is 0 Å². The molecule has 1 fully saturated rings. The number of hydrogen-bond acceptors (Lipinski definition) is 7. The molecule has 4 heterocycles. The average Bonchev–Trinajstić information content (AvgIpc) is 3.45. The van der Waals surface area contributed by atoms with E-state index < -0.39 is 0 Å². The lowest BCUT2D eigenvalue weighted by Crippen LogP contribution is -2.48. The van der Waals surface area contributed by atoms with Gasteiger partial charge >= 0.3 is 0 Å². The lowest BCUT2D eigenvalue weighted by molar-refractivity contribution is 0.0624. The van der Waals surface area contributed by atoms with E-state index in [9.17, 15) is 4.79 Å². The van der Waals surface area contributed by atoms with Crippen LogP contribution in [0.1, 0.15) is 47.5 Å². The number of hydrogen-bond donors (Lipinski definition) is 0. The third kappa shape index (κ3) is 4.58. The molecule has 0 spiro atoms. The molecule has 3 aromatic heterocycles. The van der Waals surface area contributed by atoms with Crippen LogP contribution in [0.15, 0.2) is 41.3 Å². The Morgan fingerprint density at radius 2 is 1.94 bits per heavy atom. The van der Waals surface area contributed by atoms with Crippen LogP contribution in [0.25, 0.3) is 22.2 Å². The van der Waals surface area contributed by atoms with Crippen molar-refractivity contribution in [2.24, 2.45) is 7.05 Å². The van der Waals surface area contributed by atoms with Gasteiger partial charge < -0.3 is 18.6 Å². The minimum atomic E-state index is -0.0222. The molecule has 9 heteroatoms. The number of carbonyl (C=O) groups excluding carboxylic acids is 1. The maximum atomic E-state index is 13.7. The summed E-state index contributed by atoms with van der Waals surface area (Å²) in [5, 5.41) is 0.968. The molecule has 36 heavy (non-hydrogen) atoms. The van der Waals surface area contributed by atoms with Crippen molar-refractivity contribution >= 4 is 16.8 Å². The highest BCUT2D eigenvalue weighted by atomic mass is 16.5. The van der Waals surface area contributed by atoms with Gasteiger partial charge in [0.1, 0.15) is 17.8 Å². The Kier molecular flexibility index (Phi) is 6.49. The molecule has 4 aromatic rings. The second-order valence-corrected chi connectivity index (χ2v) is 9.60. The first-order chi connectivity index (χ1) is 17.3. The lowest BCUT2D eigenvalue weighted by Gasteiger charge is -2.34. The van der Waals surface area contributed by atoms with Crippen LogP contribution in [0.5, 0.6) is 5.75 Å². The molecule has 1 aliphatic heterocycles. The third-order valence-corrected chi connectivity index (χ3v) is 6.72. The van der Waals surface area contributed by atoms with E-state index in [1.807, 2.05) is 41.6 Å². The van der Waals surface area contributed by atoms with Crippen molar-refractivity contribution in [1.29, 1.82) is 0 Å².